The van der Waals surface area contributed by atoms with Gasteiger partial charge in [-0.15, -0.1) is 0 Å². The lowest BCUT2D eigenvalue weighted by Gasteiger charge is -2.12. The topological polar surface area (TPSA) is 71.2 Å². The predicted molar refractivity (Wildman–Crippen MR) is 47.0 cm³/mol. The highest BCUT2D eigenvalue weighted by molar-refractivity contribution is 5.78. The number of aryl methyl sites for hydroxylation is 1. The minimum absolute atomic E-state index is 0.0371. The molecule has 1 saturated heterocycles. The summed E-state index contributed by atoms with van der Waals surface area (Å²) < 4.78 is 1.59. The lowest BCUT2D eigenvalue weighted by molar-refractivity contribution is -0.128. The molecule has 0 aromatic carbocycles. The van der Waals surface area contributed by atoms with Crippen molar-refractivity contribution in [2.24, 2.45) is 7.05 Å². The smallest absolute Gasteiger partial charge is 0.225 e. The molecule has 1 aliphatic rings. The molecular weight excluding hydrogens is 184 g/mol. The summed E-state index contributed by atoms with van der Waals surface area (Å²) in [7, 11) is 1.77. The van der Waals surface area contributed by atoms with Crippen LogP contribution in [0.3, 0.4) is 0 Å². The highest BCUT2D eigenvalue weighted by Gasteiger charge is 2.28. The lowest BCUT2D eigenvalue weighted by Crippen LogP contribution is -2.25. The number of rotatable bonds is 2. The first kappa shape index (κ1) is 9.14. The number of carbonyl (C=O) groups excluding carboxylic acids is 1. The van der Waals surface area contributed by atoms with E-state index in [9.17, 15) is 9.90 Å². The lowest BCUT2D eigenvalue weighted by atomic mass is 10.3. The second kappa shape index (κ2) is 3.38. The van der Waals surface area contributed by atoms with Gasteiger partial charge in [0, 0.05) is 13.6 Å². The monoisotopic (exact) mass is 196 g/mol. The molecule has 1 atom stereocenters. The van der Waals surface area contributed by atoms with Gasteiger partial charge in [-0.05, 0) is 0 Å². The fourth-order valence-corrected chi connectivity index (χ4v) is 1.53. The standard InChI is InChI=1S/C8H12N4O2/c1-11-5-9-7(10-11)4-12-3-6(13)2-8(12)14/h5-6,13H,2-4H2,1H3. The van der Waals surface area contributed by atoms with E-state index < -0.39 is 6.10 Å². The van der Waals surface area contributed by atoms with Gasteiger partial charge in [-0.2, -0.15) is 5.10 Å². The molecule has 0 aliphatic carbocycles. The molecule has 1 unspecified atom stereocenters. The zero-order chi connectivity index (χ0) is 10.1. The maximum Gasteiger partial charge on any atom is 0.225 e. The van der Waals surface area contributed by atoms with Crippen LogP contribution in [0.25, 0.3) is 0 Å². The molecule has 6 nitrogen and oxygen atoms in total. The molecule has 6 heteroatoms. The Morgan fingerprint density at radius 1 is 1.71 bits per heavy atom. The number of aliphatic hydroxyl groups excluding tert-OH is 1. The molecule has 1 N–H and O–H groups in total. The van der Waals surface area contributed by atoms with Gasteiger partial charge in [0.05, 0.1) is 19.1 Å². The highest BCUT2D eigenvalue weighted by atomic mass is 16.3. The zero-order valence-corrected chi connectivity index (χ0v) is 7.92. The van der Waals surface area contributed by atoms with Crippen molar-refractivity contribution < 1.29 is 9.90 Å². The van der Waals surface area contributed by atoms with Crippen LogP contribution in [0.15, 0.2) is 6.33 Å². The van der Waals surface area contributed by atoms with Crippen molar-refractivity contribution in [2.45, 2.75) is 19.1 Å². The SMILES string of the molecule is Cn1cnc(CN2CC(O)CC2=O)n1. The van der Waals surface area contributed by atoms with Crippen molar-refractivity contribution in [2.75, 3.05) is 6.54 Å². The van der Waals surface area contributed by atoms with Gasteiger partial charge in [-0.1, -0.05) is 0 Å². The van der Waals surface area contributed by atoms with Crippen molar-refractivity contribution in [3.63, 3.8) is 0 Å². The number of nitrogens with zero attached hydrogens (tertiary/aromatic N) is 4. The summed E-state index contributed by atoms with van der Waals surface area (Å²) in [6, 6.07) is 0. The average Bonchev–Trinajstić information content (AvgIpc) is 2.61. The van der Waals surface area contributed by atoms with E-state index in [1.54, 1.807) is 23.0 Å². The molecule has 1 fully saturated rings. The van der Waals surface area contributed by atoms with Gasteiger partial charge >= 0.3 is 0 Å². The maximum absolute atomic E-state index is 11.3. The van der Waals surface area contributed by atoms with Crippen LogP contribution in [-0.4, -0.2) is 43.3 Å². The molecule has 0 spiro atoms. The molecule has 1 amide bonds. The van der Waals surface area contributed by atoms with Crippen LogP contribution in [0.4, 0.5) is 0 Å². The fourth-order valence-electron chi connectivity index (χ4n) is 1.53. The Bertz CT molecular complexity index is 349. The summed E-state index contributed by atoms with van der Waals surface area (Å²) in [5.41, 5.74) is 0. The van der Waals surface area contributed by atoms with Crippen LogP contribution in [0.1, 0.15) is 12.2 Å². The normalized spacial score (nSPS) is 22.0. The molecule has 1 aromatic heterocycles. The van der Waals surface area contributed by atoms with Crippen molar-refractivity contribution >= 4 is 5.91 Å². The van der Waals surface area contributed by atoms with Gasteiger partial charge < -0.3 is 10.0 Å². The molecule has 0 bridgehead atoms. The van der Waals surface area contributed by atoms with E-state index >= 15 is 0 Å². The molecule has 2 rings (SSSR count). The number of aromatic nitrogens is 3. The van der Waals surface area contributed by atoms with Gasteiger partial charge in [-0.25, -0.2) is 4.98 Å². The second-order valence-corrected chi connectivity index (χ2v) is 3.47. The van der Waals surface area contributed by atoms with Crippen molar-refractivity contribution in [3.05, 3.63) is 12.2 Å². The highest BCUT2D eigenvalue weighted by Crippen LogP contribution is 2.12. The van der Waals surface area contributed by atoms with Gasteiger partial charge in [0.15, 0.2) is 5.82 Å². The van der Waals surface area contributed by atoms with E-state index in [2.05, 4.69) is 10.1 Å². The number of carbonyl (C=O) groups is 1. The molecule has 1 aliphatic heterocycles. The number of amides is 1. The third-order valence-electron chi connectivity index (χ3n) is 2.17. The predicted octanol–water partition coefficient (Wildman–Crippen LogP) is -1.09. The van der Waals surface area contributed by atoms with E-state index in [-0.39, 0.29) is 12.3 Å². The molecular formula is C8H12N4O2. The zero-order valence-electron chi connectivity index (χ0n) is 7.92. The van der Waals surface area contributed by atoms with Crippen molar-refractivity contribution in [3.8, 4) is 0 Å². The number of aliphatic hydroxyl groups is 1. The van der Waals surface area contributed by atoms with Crippen molar-refractivity contribution in [1.82, 2.24) is 19.7 Å². The van der Waals surface area contributed by atoms with E-state index in [1.807, 2.05) is 0 Å². The molecule has 76 valence electrons. The largest absolute Gasteiger partial charge is 0.391 e. The van der Waals surface area contributed by atoms with E-state index in [1.165, 1.54) is 0 Å². The first-order valence-corrected chi connectivity index (χ1v) is 4.45. The van der Waals surface area contributed by atoms with E-state index in [0.29, 0.717) is 18.9 Å². The maximum atomic E-state index is 11.3. The van der Waals surface area contributed by atoms with Crippen LogP contribution in [0, 0.1) is 0 Å². The molecule has 2 heterocycles. The summed E-state index contributed by atoms with van der Waals surface area (Å²) in [5, 5.41) is 13.3. The Hall–Kier alpha value is -1.43. The fraction of sp³-hybridized carbons (Fsp3) is 0.625. The molecule has 14 heavy (non-hydrogen) atoms. The number of hydrogen-bond donors (Lipinski definition) is 1. The summed E-state index contributed by atoms with van der Waals surface area (Å²) in [5.74, 6) is 0.569. The van der Waals surface area contributed by atoms with Crippen LogP contribution in [-0.2, 0) is 18.4 Å². The molecule has 0 radical (unpaired) electrons. The number of β-amino-alcohol motifs (C(OH)–C–C–N with tert-alkyl or cyclic N) is 1. The van der Waals surface area contributed by atoms with Gasteiger partial charge in [0.2, 0.25) is 5.91 Å². The summed E-state index contributed by atoms with van der Waals surface area (Å²) in [6.07, 6.45) is 1.27. The summed E-state index contributed by atoms with van der Waals surface area (Å²) in [6.45, 7) is 0.772. The summed E-state index contributed by atoms with van der Waals surface area (Å²) in [4.78, 5) is 16.9. The minimum Gasteiger partial charge on any atom is -0.391 e. The Morgan fingerprint density at radius 2 is 2.50 bits per heavy atom. The van der Waals surface area contributed by atoms with Gasteiger partial charge in [0.1, 0.15) is 6.33 Å². The molecule has 0 saturated carbocycles. The Labute approximate surface area is 81.2 Å². The first-order chi connectivity index (χ1) is 6.65. The molecule has 1 aromatic rings. The second-order valence-electron chi connectivity index (χ2n) is 3.47. The van der Waals surface area contributed by atoms with Crippen LogP contribution in [0.2, 0.25) is 0 Å². The Morgan fingerprint density at radius 3 is 3.00 bits per heavy atom. The number of likely N-dealkylation sites (tertiary alicyclic amines) is 1. The number of hydrogen-bond acceptors (Lipinski definition) is 4. The van der Waals surface area contributed by atoms with Gasteiger partial charge in [-0.3, -0.25) is 9.48 Å². The van der Waals surface area contributed by atoms with E-state index in [0.717, 1.165) is 0 Å². The van der Waals surface area contributed by atoms with E-state index in [4.69, 9.17) is 0 Å². The first-order valence-electron chi connectivity index (χ1n) is 4.45. The summed E-state index contributed by atoms with van der Waals surface area (Å²) >= 11 is 0. The van der Waals surface area contributed by atoms with Gasteiger partial charge in [0.25, 0.3) is 0 Å². The minimum atomic E-state index is -0.536. The average molecular weight is 196 g/mol. The third kappa shape index (κ3) is 1.74. The Balaban J connectivity index is 2.01. The Kier molecular flexibility index (Phi) is 2.20. The van der Waals surface area contributed by atoms with Crippen molar-refractivity contribution in [1.29, 1.82) is 0 Å². The third-order valence-corrected chi connectivity index (χ3v) is 2.17. The van der Waals surface area contributed by atoms with Crippen LogP contribution >= 0.6 is 0 Å². The van der Waals surface area contributed by atoms with Crippen LogP contribution in [0.5, 0.6) is 0 Å². The van der Waals surface area contributed by atoms with Crippen LogP contribution < -0.4 is 0 Å². The quantitative estimate of drug-likeness (QED) is 0.652.